The minimum Gasteiger partial charge on any atom is -0.299 e. The van der Waals surface area contributed by atoms with Crippen molar-refractivity contribution in [3.05, 3.63) is 0 Å². The Morgan fingerprint density at radius 2 is 1.00 bits per heavy atom. The molecule has 0 unspecified atom stereocenters. The van der Waals surface area contributed by atoms with E-state index in [1.807, 2.05) is 0 Å². The number of hydrogen-bond donors (Lipinski definition) is 0. The first-order valence-corrected chi connectivity index (χ1v) is 9.09. The normalized spacial score (nSPS) is 54.5. The summed E-state index contributed by atoms with van der Waals surface area (Å²) in [6.07, 6.45) is 4.31. The first kappa shape index (κ1) is 14.9. The Balaban J connectivity index is 1.80. The Morgan fingerprint density at radius 1 is 0.682 bits per heavy atom. The van der Waals surface area contributed by atoms with Crippen molar-refractivity contribution in [2.75, 3.05) is 0 Å². The van der Waals surface area contributed by atoms with Crippen LogP contribution in [-0.4, -0.2) is 11.6 Å². The van der Waals surface area contributed by atoms with Gasteiger partial charge < -0.3 is 0 Å². The van der Waals surface area contributed by atoms with Crippen molar-refractivity contribution in [1.82, 2.24) is 0 Å². The number of hydrogen-bond acceptors (Lipinski definition) is 2. The summed E-state index contributed by atoms with van der Waals surface area (Å²) in [5.41, 5.74) is -0.283. The molecule has 0 aromatic rings. The molecule has 0 amide bonds. The number of carbonyl (C=O) groups is 2. The molecule has 0 radical (unpaired) electrons. The summed E-state index contributed by atoms with van der Waals surface area (Å²) in [7, 11) is 0. The second kappa shape index (κ2) is 3.70. The average molecular weight is 302 g/mol. The molecule has 22 heavy (non-hydrogen) atoms. The Kier molecular flexibility index (Phi) is 2.51. The van der Waals surface area contributed by atoms with Crippen LogP contribution < -0.4 is 0 Å². The van der Waals surface area contributed by atoms with E-state index in [1.54, 1.807) is 0 Å². The van der Waals surface area contributed by atoms with Gasteiger partial charge in [-0.05, 0) is 48.3 Å². The number of Topliss-reactive ketones (excluding diaryl/α,β-unsaturated/α-hetero) is 2. The highest BCUT2D eigenvalue weighted by Gasteiger charge is 2.74. The predicted molar refractivity (Wildman–Crippen MR) is 86.2 cm³/mol. The van der Waals surface area contributed by atoms with Crippen LogP contribution in [0.15, 0.2) is 0 Å². The Labute approximate surface area is 134 Å². The van der Waals surface area contributed by atoms with Crippen molar-refractivity contribution in [2.24, 2.45) is 45.3 Å². The first-order valence-electron chi connectivity index (χ1n) is 9.09. The number of rotatable bonds is 1. The van der Waals surface area contributed by atoms with Gasteiger partial charge in [0.2, 0.25) is 0 Å². The highest BCUT2D eigenvalue weighted by molar-refractivity contribution is 6.00. The number of ketones is 2. The van der Waals surface area contributed by atoms with Gasteiger partial charge in [-0.25, -0.2) is 0 Å². The summed E-state index contributed by atoms with van der Waals surface area (Å²) >= 11 is 0. The van der Waals surface area contributed by atoms with E-state index in [9.17, 15) is 9.59 Å². The smallest absolute Gasteiger partial charge is 0.143 e. The highest BCUT2D eigenvalue weighted by Crippen LogP contribution is 2.73. The monoisotopic (exact) mass is 302 g/mol. The van der Waals surface area contributed by atoms with E-state index >= 15 is 0 Å². The lowest BCUT2D eigenvalue weighted by Crippen LogP contribution is -2.41. The molecule has 6 atom stereocenters. The van der Waals surface area contributed by atoms with Crippen LogP contribution in [-0.2, 0) is 9.59 Å². The molecule has 0 heterocycles. The molecule has 4 bridgehead atoms. The molecular formula is C20H30O2. The van der Waals surface area contributed by atoms with E-state index in [4.69, 9.17) is 0 Å². The fourth-order valence-electron chi connectivity index (χ4n) is 7.14. The van der Waals surface area contributed by atoms with Crippen LogP contribution in [0.2, 0.25) is 0 Å². The Morgan fingerprint density at radius 3 is 1.23 bits per heavy atom. The molecule has 4 aliphatic carbocycles. The molecule has 4 fully saturated rings. The highest BCUT2D eigenvalue weighted by atomic mass is 16.1. The van der Waals surface area contributed by atoms with Crippen molar-refractivity contribution < 1.29 is 9.59 Å². The molecule has 0 aliphatic heterocycles. The average Bonchev–Trinajstić information content (AvgIpc) is 2.90. The molecule has 0 N–H and O–H groups in total. The Bertz CT molecular complexity index is 535. The summed E-state index contributed by atoms with van der Waals surface area (Å²) in [6.45, 7) is 13.4. The standard InChI is InChI=1S/C20H30O2/c1-17(2)11-7-9-19(17,5)15(21)13(11)14-12-8-10-20(6,16(14)22)18(12,3)4/h11-14H,7-10H2,1-6H3/t11-,12-,13-,14-,19-,20-/m0/s1. The van der Waals surface area contributed by atoms with Gasteiger partial charge in [-0.3, -0.25) is 9.59 Å². The van der Waals surface area contributed by atoms with Gasteiger partial charge in [0.1, 0.15) is 11.6 Å². The quantitative estimate of drug-likeness (QED) is 0.725. The van der Waals surface area contributed by atoms with Crippen LogP contribution >= 0.6 is 0 Å². The minimum atomic E-state index is -0.199. The van der Waals surface area contributed by atoms with Crippen molar-refractivity contribution >= 4 is 11.6 Å². The predicted octanol–water partition coefficient (Wildman–Crippen LogP) is 4.27. The minimum absolute atomic E-state index is 0.00708. The molecule has 0 saturated heterocycles. The second-order valence-corrected chi connectivity index (χ2v) is 10.2. The molecule has 4 aliphatic rings. The van der Waals surface area contributed by atoms with E-state index in [2.05, 4.69) is 41.5 Å². The fraction of sp³-hybridized carbons (Fsp3) is 0.900. The molecule has 2 nitrogen and oxygen atoms in total. The van der Waals surface area contributed by atoms with Crippen LogP contribution in [0.3, 0.4) is 0 Å². The van der Waals surface area contributed by atoms with Crippen LogP contribution in [0.25, 0.3) is 0 Å². The molecule has 0 aromatic carbocycles. The molecular weight excluding hydrogens is 272 g/mol. The van der Waals surface area contributed by atoms with Crippen molar-refractivity contribution in [2.45, 2.75) is 67.2 Å². The third-order valence-electron chi connectivity index (χ3n) is 9.56. The van der Waals surface area contributed by atoms with E-state index in [0.717, 1.165) is 25.7 Å². The maximum absolute atomic E-state index is 13.3. The van der Waals surface area contributed by atoms with E-state index in [0.29, 0.717) is 23.4 Å². The summed E-state index contributed by atoms with van der Waals surface area (Å²) in [5.74, 6) is 1.67. The number of carbonyl (C=O) groups excluding carboxylic acids is 2. The van der Waals surface area contributed by atoms with Crippen molar-refractivity contribution in [1.29, 1.82) is 0 Å². The topological polar surface area (TPSA) is 34.1 Å². The van der Waals surface area contributed by atoms with E-state index in [1.165, 1.54) is 0 Å². The zero-order chi connectivity index (χ0) is 16.3. The van der Waals surface area contributed by atoms with Gasteiger partial charge >= 0.3 is 0 Å². The van der Waals surface area contributed by atoms with Gasteiger partial charge in [0, 0.05) is 22.7 Å². The maximum atomic E-state index is 13.3. The lowest BCUT2D eigenvalue weighted by atomic mass is 9.67. The largest absolute Gasteiger partial charge is 0.299 e. The molecule has 2 heteroatoms. The van der Waals surface area contributed by atoms with Gasteiger partial charge in [-0.15, -0.1) is 0 Å². The van der Waals surface area contributed by atoms with Crippen molar-refractivity contribution in [3.63, 3.8) is 0 Å². The van der Waals surface area contributed by atoms with Crippen LogP contribution in [0.1, 0.15) is 67.2 Å². The van der Waals surface area contributed by atoms with E-state index < -0.39 is 0 Å². The SMILES string of the molecule is CC1(C)[C@H]2CC[C@@]1(C)C(=O)[C@@H]2[C@H]1C(=O)[C@]2(C)CC[C@@H]1C2(C)C. The van der Waals surface area contributed by atoms with Gasteiger partial charge in [0.25, 0.3) is 0 Å². The lowest BCUT2D eigenvalue weighted by molar-refractivity contribution is -0.141. The van der Waals surface area contributed by atoms with Gasteiger partial charge in [0.05, 0.1) is 0 Å². The maximum Gasteiger partial charge on any atom is 0.143 e. The third kappa shape index (κ3) is 1.21. The van der Waals surface area contributed by atoms with Crippen LogP contribution in [0, 0.1) is 45.3 Å². The second-order valence-electron chi connectivity index (χ2n) is 10.2. The summed E-state index contributed by atoms with van der Waals surface area (Å²) in [5, 5.41) is 0. The van der Waals surface area contributed by atoms with Crippen LogP contribution in [0.4, 0.5) is 0 Å². The molecule has 0 aromatic heterocycles. The molecule has 122 valence electrons. The molecule has 0 spiro atoms. The van der Waals surface area contributed by atoms with Crippen molar-refractivity contribution in [3.8, 4) is 0 Å². The molecule has 4 saturated carbocycles. The molecule has 4 rings (SSSR count). The third-order valence-corrected chi connectivity index (χ3v) is 9.56. The lowest BCUT2D eigenvalue weighted by Gasteiger charge is -2.34. The zero-order valence-corrected chi connectivity index (χ0v) is 15.0. The summed E-state index contributed by atoms with van der Waals surface area (Å²) < 4.78 is 0. The van der Waals surface area contributed by atoms with Crippen LogP contribution in [0.5, 0.6) is 0 Å². The first-order chi connectivity index (χ1) is 10.00. The van der Waals surface area contributed by atoms with Gasteiger partial charge in [-0.1, -0.05) is 41.5 Å². The summed E-state index contributed by atoms with van der Waals surface area (Å²) in [6, 6.07) is 0. The van der Waals surface area contributed by atoms with Gasteiger partial charge in [-0.2, -0.15) is 0 Å². The summed E-state index contributed by atoms with van der Waals surface area (Å²) in [4.78, 5) is 26.6. The van der Waals surface area contributed by atoms with E-state index in [-0.39, 0.29) is 33.5 Å². The fourth-order valence-corrected chi connectivity index (χ4v) is 7.14. The number of fused-ring (bicyclic) bond motifs is 4. The Hall–Kier alpha value is -0.660. The zero-order valence-electron chi connectivity index (χ0n) is 15.0. The van der Waals surface area contributed by atoms with Gasteiger partial charge in [0.15, 0.2) is 0 Å².